The molecule has 1 saturated carbocycles. The Balaban J connectivity index is 2.06. The van der Waals surface area contributed by atoms with Gasteiger partial charge in [-0.3, -0.25) is 0 Å². The fourth-order valence-corrected chi connectivity index (χ4v) is 2.54. The molecule has 0 bridgehead atoms. The van der Waals surface area contributed by atoms with E-state index in [2.05, 4.69) is 20.8 Å². The first-order chi connectivity index (χ1) is 5.15. The van der Waals surface area contributed by atoms with Crippen LogP contribution in [0.5, 0.6) is 0 Å². The fourth-order valence-electron chi connectivity index (χ4n) is 2.54. The minimum Gasteiger partial charge on any atom is -0.366 e. The van der Waals surface area contributed by atoms with E-state index in [9.17, 15) is 0 Å². The van der Waals surface area contributed by atoms with Crippen LogP contribution in [0.2, 0.25) is 0 Å². The van der Waals surface area contributed by atoms with Gasteiger partial charge in [0.25, 0.3) is 0 Å². The second-order valence-electron chi connectivity index (χ2n) is 4.60. The van der Waals surface area contributed by atoms with Gasteiger partial charge in [-0.15, -0.1) is 0 Å². The molecule has 0 aromatic heterocycles. The highest BCUT2D eigenvalue weighted by atomic mass is 16.6. The number of epoxide rings is 1. The Labute approximate surface area is 69.1 Å². The number of ether oxygens (including phenoxy) is 1. The molecule has 64 valence electrons. The smallest absolute Gasteiger partial charge is 0.0973 e. The van der Waals surface area contributed by atoms with Crippen molar-refractivity contribution in [2.75, 3.05) is 0 Å². The van der Waals surface area contributed by atoms with Gasteiger partial charge in [0, 0.05) is 0 Å². The molecule has 3 unspecified atom stereocenters. The van der Waals surface area contributed by atoms with Crippen LogP contribution in [0.3, 0.4) is 0 Å². The zero-order chi connectivity index (χ0) is 8.06. The highest BCUT2D eigenvalue weighted by molar-refractivity contribution is 5.08. The van der Waals surface area contributed by atoms with Crippen LogP contribution in [-0.4, -0.2) is 11.7 Å². The van der Waals surface area contributed by atoms with Gasteiger partial charge in [-0.1, -0.05) is 20.8 Å². The highest BCUT2D eigenvalue weighted by Crippen LogP contribution is 2.53. The van der Waals surface area contributed by atoms with Crippen molar-refractivity contribution in [3.63, 3.8) is 0 Å². The minimum absolute atomic E-state index is 0.317. The predicted octanol–water partition coefficient (Wildman–Crippen LogP) is 2.60. The van der Waals surface area contributed by atoms with Crippen LogP contribution in [0.15, 0.2) is 0 Å². The third-order valence-electron chi connectivity index (χ3n) is 3.42. The van der Waals surface area contributed by atoms with Gasteiger partial charge in [0.05, 0.1) is 11.7 Å². The normalized spacial score (nSPS) is 49.1. The van der Waals surface area contributed by atoms with Crippen molar-refractivity contribution in [3.8, 4) is 0 Å². The average molecular weight is 154 g/mol. The highest BCUT2D eigenvalue weighted by Gasteiger charge is 2.60. The first-order valence-corrected chi connectivity index (χ1v) is 4.83. The first kappa shape index (κ1) is 7.60. The minimum atomic E-state index is 0.317. The zero-order valence-corrected chi connectivity index (χ0v) is 7.76. The molecule has 1 saturated heterocycles. The molecule has 11 heavy (non-hydrogen) atoms. The lowest BCUT2D eigenvalue weighted by atomic mass is 9.77. The SMILES string of the molecule is CC1CCC2OC2(C(C)C)C1. The largest absolute Gasteiger partial charge is 0.366 e. The van der Waals surface area contributed by atoms with Crippen LogP contribution >= 0.6 is 0 Å². The van der Waals surface area contributed by atoms with Crippen molar-refractivity contribution in [2.24, 2.45) is 11.8 Å². The van der Waals surface area contributed by atoms with E-state index in [0.29, 0.717) is 11.7 Å². The third kappa shape index (κ3) is 1.01. The molecular weight excluding hydrogens is 136 g/mol. The van der Waals surface area contributed by atoms with Gasteiger partial charge >= 0.3 is 0 Å². The monoisotopic (exact) mass is 154 g/mol. The Kier molecular flexibility index (Phi) is 1.54. The quantitative estimate of drug-likeness (QED) is 0.529. The van der Waals surface area contributed by atoms with E-state index in [4.69, 9.17) is 4.74 Å². The summed E-state index contributed by atoms with van der Waals surface area (Å²) < 4.78 is 5.80. The lowest BCUT2D eigenvalue weighted by Crippen LogP contribution is -2.29. The summed E-state index contributed by atoms with van der Waals surface area (Å²) in [5, 5.41) is 0. The summed E-state index contributed by atoms with van der Waals surface area (Å²) in [7, 11) is 0. The van der Waals surface area contributed by atoms with Crippen molar-refractivity contribution >= 4 is 0 Å². The van der Waals surface area contributed by atoms with Crippen molar-refractivity contribution in [1.82, 2.24) is 0 Å². The molecule has 0 spiro atoms. The van der Waals surface area contributed by atoms with E-state index in [0.717, 1.165) is 11.8 Å². The zero-order valence-electron chi connectivity index (χ0n) is 7.76. The average Bonchev–Trinajstić information content (AvgIpc) is 2.62. The van der Waals surface area contributed by atoms with E-state index < -0.39 is 0 Å². The maximum absolute atomic E-state index is 5.80. The summed E-state index contributed by atoms with van der Waals surface area (Å²) in [5.41, 5.74) is 0.317. The van der Waals surface area contributed by atoms with Gasteiger partial charge in [0.2, 0.25) is 0 Å². The molecule has 1 aliphatic carbocycles. The van der Waals surface area contributed by atoms with E-state index >= 15 is 0 Å². The summed E-state index contributed by atoms with van der Waals surface area (Å²) in [5.74, 6) is 1.60. The molecule has 1 heteroatoms. The molecule has 0 radical (unpaired) electrons. The summed E-state index contributed by atoms with van der Waals surface area (Å²) in [6.45, 7) is 6.93. The Bertz CT molecular complexity index is 164. The van der Waals surface area contributed by atoms with Gasteiger partial charge in [0.15, 0.2) is 0 Å². The molecule has 2 rings (SSSR count). The van der Waals surface area contributed by atoms with Gasteiger partial charge in [-0.25, -0.2) is 0 Å². The molecule has 0 amide bonds. The first-order valence-electron chi connectivity index (χ1n) is 4.83. The Hall–Kier alpha value is -0.0400. The van der Waals surface area contributed by atoms with E-state index in [-0.39, 0.29) is 0 Å². The van der Waals surface area contributed by atoms with Crippen LogP contribution in [0.4, 0.5) is 0 Å². The standard InChI is InChI=1S/C10H18O/c1-7(2)10-6-8(3)4-5-9(10)11-10/h7-9H,4-6H2,1-3H3. The number of hydrogen-bond acceptors (Lipinski definition) is 1. The molecule has 0 aromatic carbocycles. The second-order valence-corrected chi connectivity index (χ2v) is 4.60. The summed E-state index contributed by atoms with van der Waals surface area (Å²) in [6.07, 6.45) is 4.60. The Morgan fingerprint density at radius 3 is 2.64 bits per heavy atom. The van der Waals surface area contributed by atoms with E-state index in [1.807, 2.05) is 0 Å². The van der Waals surface area contributed by atoms with E-state index in [1.165, 1.54) is 19.3 Å². The van der Waals surface area contributed by atoms with Crippen molar-refractivity contribution in [2.45, 2.75) is 51.7 Å². The second kappa shape index (κ2) is 2.22. The number of hydrogen-bond donors (Lipinski definition) is 0. The molecule has 2 aliphatic rings. The summed E-state index contributed by atoms with van der Waals surface area (Å²) in [4.78, 5) is 0. The predicted molar refractivity (Wildman–Crippen MR) is 45.5 cm³/mol. The van der Waals surface area contributed by atoms with Gasteiger partial charge in [0.1, 0.15) is 0 Å². The molecule has 1 nitrogen and oxygen atoms in total. The van der Waals surface area contributed by atoms with Crippen molar-refractivity contribution in [1.29, 1.82) is 0 Å². The van der Waals surface area contributed by atoms with Crippen molar-refractivity contribution < 1.29 is 4.74 Å². The van der Waals surface area contributed by atoms with Gasteiger partial charge in [-0.05, 0) is 31.1 Å². The van der Waals surface area contributed by atoms with Gasteiger partial charge in [-0.2, -0.15) is 0 Å². The van der Waals surface area contributed by atoms with Crippen LogP contribution < -0.4 is 0 Å². The lowest BCUT2D eigenvalue weighted by molar-refractivity contribution is 0.203. The maximum atomic E-state index is 5.80. The molecule has 1 heterocycles. The number of rotatable bonds is 1. The fraction of sp³-hybridized carbons (Fsp3) is 1.00. The molecule has 0 aromatic rings. The molecule has 0 N–H and O–H groups in total. The van der Waals surface area contributed by atoms with Crippen LogP contribution in [0, 0.1) is 11.8 Å². The third-order valence-corrected chi connectivity index (χ3v) is 3.42. The molecular formula is C10H18O. The lowest BCUT2D eigenvalue weighted by Gasteiger charge is -2.25. The Morgan fingerprint density at radius 2 is 2.09 bits per heavy atom. The summed E-state index contributed by atoms with van der Waals surface area (Å²) in [6, 6.07) is 0. The molecule has 3 atom stereocenters. The number of fused-ring (bicyclic) bond motifs is 1. The van der Waals surface area contributed by atoms with Crippen LogP contribution in [-0.2, 0) is 4.74 Å². The Morgan fingerprint density at radius 1 is 1.36 bits per heavy atom. The molecule has 1 aliphatic heterocycles. The summed E-state index contributed by atoms with van der Waals surface area (Å²) >= 11 is 0. The topological polar surface area (TPSA) is 12.5 Å². The van der Waals surface area contributed by atoms with Crippen LogP contribution in [0.25, 0.3) is 0 Å². The van der Waals surface area contributed by atoms with Crippen molar-refractivity contribution in [3.05, 3.63) is 0 Å². The van der Waals surface area contributed by atoms with E-state index in [1.54, 1.807) is 0 Å². The van der Waals surface area contributed by atoms with Gasteiger partial charge < -0.3 is 4.74 Å². The molecule has 2 fully saturated rings. The maximum Gasteiger partial charge on any atom is 0.0973 e. The van der Waals surface area contributed by atoms with Crippen LogP contribution in [0.1, 0.15) is 40.0 Å².